The Labute approximate surface area is 132 Å². The molecule has 0 unspecified atom stereocenters. The van der Waals surface area contributed by atoms with E-state index in [1.54, 1.807) is 0 Å². The smallest absolute Gasteiger partial charge is 0.228 e. The molecule has 22 heavy (non-hydrogen) atoms. The van der Waals surface area contributed by atoms with Crippen molar-refractivity contribution in [3.05, 3.63) is 47.2 Å². The maximum atomic E-state index is 5.90. The molecule has 0 radical (unpaired) electrons. The fourth-order valence-electron chi connectivity index (χ4n) is 2.61. The number of aryl methyl sites for hydroxylation is 2. The molecule has 4 nitrogen and oxygen atoms in total. The summed E-state index contributed by atoms with van der Waals surface area (Å²) in [5, 5.41) is 0. The Morgan fingerprint density at radius 3 is 2.50 bits per heavy atom. The van der Waals surface area contributed by atoms with E-state index in [2.05, 4.69) is 53.0 Å². The van der Waals surface area contributed by atoms with E-state index in [0.29, 0.717) is 12.5 Å². The summed E-state index contributed by atoms with van der Waals surface area (Å²) in [7, 11) is 0. The summed E-state index contributed by atoms with van der Waals surface area (Å²) in [6.45, 7) is 6.83. The quantitative estimate of drug-likeness (QED) is 0.846. The van der Waals surface area contributed by atoms with Crippen LogP contribution in [0.5, 0.6) is 5.88 Å². The molecule has 3 rings (SSSR count). The van der Waals surface area contributed by atoms with Gasteiger partial charge in [-0.15, -0.1) is 0 Å². The Kier molecular flexibility index (Phi) is 4.56. The van der Waals surface area contributed by atoms with Gasteiger partial charge in [0, 0.05) is 24.8 Å². The fraction of sp³-hybridized carbons (Fsp3) is 0.444. The molecule has 0 bridgehead atoms. The molecule has 0 spiro atoms. The Bertz CT molecular complexity index is 619. The molecule has 2 aromatic rings. The summed E-state index contributed by atoms with van der Waals surface area (Å²) >= 11 is 0. The first-order valence-electron chi connectivity index (χ1n) is 8.06. The van der Waals surface area contributed by atoms with Gasteiger partial charge in [0.2, 0.25) is 11.8 Å². The molecule has 0 N–H and O–H groups in total. The summed E-state index contributed by atoms with van der Waals surface area (Å²) in [6.07, 6.45) is 3.34. The molecule has 1 aliphatic rings. The van der Waals surface area contributed by atoms with E-state index in [9.17, 15) is 0 Å². The van der Waals surface area contributed by atoms with Crippen molar-refractivity contribution >= 4 is 5.95 Å². The molecule has 1 fully saturated rings. The normalized spacial score (nSPS) is 14.4. The van der Waals surface area contributed by atoms with Crippen molar-refractivity contribution in [1.29, 1.82) is 0 Å². The average molecular weight is 297 g/mol. The van der Waals surface area contributed by atoms with Crippen LogP contribution in [0, 0.1) is 6.92 Å². The topological polar surface area (TPSA) is 38.2 Å². The van der Waals surface area contributed by atoms with Crippen LogP contribution in [-0.2, 0) is 13.0 Å². The second-order valence-electron chi connectivity index (χ2n) is 5.82. The zero-order valence-corrected chi connectivity index (χ0v) is 13.4. The Balaban J connectivity index is 1.74. The largest absolute Gasteiger partial charge is 0.473 e. The molecule has 0 saturated carbocycles. The maximum absolute atomic E-state index is 5.90. The summed E-state index contributed by atoms with van der Waals surface area (Å²) in [5.74, 6) is 1.49. The molecule has 1 saturated heterocycles. The Morgan fingerprint density at radius 1 is 1.09 bits per heavy atom. The van der Waals surface area contributed by atoms with Crippen molar-refractivity contribution in [2.45, 2.75) is 39.7 Å². The van der Waals surface area contributed by atoms with Crippen LogP contribution in [-0.4, -0.2) is 23.1 Å². The van der Waals surface area contributed by atoms with Crippen LogP contribution in [0.15, 0.2) is 30.3 Å². The lowest BCUT2D eigenvalue weighted by atomic mass is 10.2. The second-order valence-corrected chi connectivity index (χ2v) is 5.82. The van der Waals surface area contributed by atoms with Gasteiger partial charge in [0.05, 0.1) is 0 Å². The molecular formula is C18H23N3O. The summed E-state index contributed by atoms with van der Waals surface area (Å²) < 4.78 is 5.90. The van der Waals surface area contributed by atoms with E-state index in [-0.39, 0.29) is 0 Å². The molecule has 1 aromatic heterocycles. The van der Waals surface area contributed by atoms with E-state index < -0.39 is 0 Å². The van der Waals surface area contributed by atoms with E-state index in [0.717, 1.165) is 36.7 Å². The van der Waals surface area contributed by atoms with Gasteiger partial charge in [-0.2, -0.15) is 4.98 Å². The predicted octanol–water partition coefficient (Wildman–Crippen LogP) is 3.53. The minimum Gasteiger partial charge on any atom is -0.473 e. The molecule has 1 aromatic carbocycles. The highest BCUT2D eigenvalue weighted by molar-refractivity contribution is 5.35. The minimum atomic E-state index is 0.542. The van der Waals surface area contributed by atoms with Gasteiger partial charge >= 0.3 is 0 Å². The van der Waals surface area contributed by atoms with Crippen molar-refractivity contribution in [3.8, 4) is 5.88 Å². The van der Waals surface area contributed by atoms with Gasteiger partial charge in [0.15, 0.2) is 0 Å². The van der Waals surface area contributed by atoms with Gasteiger partial charge in [-0.1, -0.05) is 36.8 Å². The number of aromatic nitrogens is 2. The average Bonchev–Trinajstić information content (AvgIpc) is 3.08. The predicted molar refractivity (Wildman–Crippen MR) is 88.4 cm³/mol. The highest BCUT2D eigenvalue weighted by Gasteiger charge is 2.16. The monoisotopic (exact) mass is 297 g/mol. The highest BCUT2D eigenvalue weighted by Crippen LogP contribution is 2.21. The van der Waals surface area contributed by atoms with Crippen LogP contribution in [0.3, 0.4) is 0 Å². The number of anilines is 1. The SMILES string of the molecule is CCc1cc(OCc2ccc(C)cc2)nc(N2CCCC2)n1. The van der Waals surface area contributed by atoms with Gasteiger partial charge in [-0.05, 0) is 31.7 Å². The molecule has 116 valence electrons. The highest BCUT2D eigenvalue weighted by atomic mass is 16.5. The first kappa shape index (κ1) is 14.8. The molecule has 0 amide bonds. The van der Waals surface area contributed by atoms with Gasteiger partial charge in [0.25, 0.3) is 0 Å². The Morgan fingerprint density at radius 2 is 1.82 bits per heavy atom. The van der Waals surface area contributed by atoms with Gasteiger partial charge in [-0.3, -0.25) is 0 Å². The summed E-state index contributed by atoms with van der Waals surface area (Å²) in [6, 6.07) is 10.3. The molecule has 0 atom stereocenters. The minimum absolute atomic E-state index is 0.542. The zero-order valence-electron chi connectivity index (χ0n) is 13.4. The summed E-state index contributed by atoms with van der Waals surface area (Å²) in [4.78, 5) is 11.5. The number of hydrogen-bond donors (Lipinski definition) is 0. The molecule has 4 heteroatoms. The lowest BCUT2D eigenvalue weighted by molar-refractivity contribution is 0.293. The van der Waals surface area contributed by atoms with Crippen molar-refractivity contribution in [1.82, 2.24) is 9.97 Å². The third-order valence-electron chi connectivity index (χ3n) is 4.00. The van der Waals surface area contributed by atoms with Gasteiger partial charge < -0.3 is 9.64 Å². The van der Waals surface area contributed by atoms with Crippen LogP contribution < -0.4 is 9.64 Å². The van der Waals surface area contributed by atoms with Crippen molar-refractivity contribution in [3.63, 3.8) is 0 Å². The van der Waals surface area contributed by atoms with E-state index in [1.165, 1.54) is 18.4 Å². The third-order valence-corrected chi connectivity index (χ3v) is 4.00. The van der Waals surface area contributed by atoms with Gasteiger partial charge in [0.1, 0.15) is 6.61 Å². The van der Waals surface area contributed by atoms with E-state index >= 15 is 0 Å². The van der Waals surface area contributed by atoms with E-state index in [1.807, 2.05) is 6.07 Å². The number of hydrogen-bond acceptors (Lipinski definition) is 4. The third kappa shape index (κ3) is 3.56. The van der Waals surface area contributed by atoms with Crippen LogP contribution in [0.4, 0.5) is 5.95 Å². The van der Waals surface area contributed by atoms with Crippen molar-refractivity contribution < 1.29 is 4.74 Å². The van der Waals surface area contributed by atoms with Crippen LogP contribution in [0.2, 0.25) is 0 Å². The van der Waals surface area contributed by atoms with Crippen LogP contribution in [0.1, 0.15) is 36.6 Å². The second kappa shape index (κ2) is 6.77. The van der Waals surface area contributed by atoms with Crippen LogP contribution >= 0.6 is 0 Å². The number of benzene rings is 1. The first-order valence-corrected chi connectivity index (χ1v) is 8.06. The number of nitrogens with zero attached hydrogens (tertiary/aromatic N) is 3. The first-order chi connectivity index (χ1) is 10.7. The van der Waals surface area contributed by atoms with Crippen LogP contribution in [0.25, 0.3) is 0 Å². The van der Waals surface area contributed by atoms with E-state index in [4.69, 9.17) is 4.74 Å². The molecular weight excluding hydrogens is 274 g/mol. The van der Waals surface area contributed by atoms with Crippen molar-refractivity contribution in [2.24, 2.45) is 0 Å². The molecule has 1 aliphatic heterocycles. The lowest BCUT2D eigenvalue weighted by Gasteiger charge is -2.17. The Hall–Kier alpha value is -2.10. The summed E-state index contributed by atoms with van der Waals surface area (Å²) in [5.41, 5.74) is 3.45. The maximum Gasteiger partial charge on any atom is 0.228 e. The fourth-order valence-corrected chi connectivity index (χ4v) is 2.61. The van der Waals surface area contributed by atoms with Crippen molar-refractivity contribution in [2.75, 3.05) is 18.0 Å². The lowest BCUT2D eigenvalue weighted by Crippen LogP contribution is -2.21. The van der Waals surface area contributed by atoms with Gasteiger partial charge in [-0.25, -0.2) is 4.98 Å². The standard InChI is InChI=1S/C18H23N3O/c1-3-16-12-17(20-18(19-16)21-10-4-5-11-21)22-13-15-8-6-14(2)7-9-15/h6-9,12H,3-5,10-11,13H2,1-2H3. The zero-order chi connectivity index (χ0) is 15.4. The number of ether oxygens (including phenoxy) is 1. The molecule has 0 aliphatic carbocycles. The molecule has 2 heterocycles. The number of rotatable bonds is 5.